The van der Waals surface area contributed by atoms with Crippen molar-refractivity contribution in [3.8, 4) is 0 Å². The molecule has 6 atom stereocenters. The first-order chi connectivity index (χ1) is 15.5. The quantitative estimate of drug-likeness (QED) is 0.394. The maximum absolute atomic E-state index is 12.7. The number of carboxylic acids is 1. The third-order valence-corrected chi connectivity index (χ3v) is 5.85. The molecule has 3 N–H and O–H groups in total. The fraction of sp³-hybridized carbons (Fsp3) is 0.609. The van der Waals surface area contributed by atoms with Crippen molar-refractivity contribution in [3.63, 3.8) is 0 Å². The number of ether oxygens (including phenoxy) is 3. The number of carbonyl (C=O) groups excluding carboxylic acids is 2. The van der Waals surface area contributed by atoms with Gasteiger partial charge in [0.1, 0.15) is 24.4 Å². The first kappa shape index (κ1) is 27.0. The highest BCUT2D eigenvalue weighted by Gasteiger charge is 2.42. The molecule has 1 fully saturated rings. The average molecular weight is 487 g/mol. The summed E-state index contributed by atoms with van der Waals surface area (Å²) in [5.74, 6) is -2.24. The zero-order chi connectivity index (χ0) is 24.7. The zero-order valence-electron chi connectivity index (χ0n) is 18.9. The molecule has 0 spiro atoms. The molecular weight excluding hydrogens is 456 g/mol. The van der Waals surface area contributed by atoms with Crippen LogP contribution in [0.25, 0.3) is 0 Å². The van der Waals surface area contributed by atoms with Crippen LogP contribution < -0.4 is 0 Å². The van der Waals surface area contributed by atoms with Crippen molar-refractivity contribution in [1.82, 2.24) is 0 Å². The minimum atomic E-state index is -1.24. The fourth-order valence-electron chi connectivity index (χ4n) is 3.86. The average Bonchev–Trinajstić information content (AvgIpc) is 3.07. The van der Waals surface area contributed by atoms with Crippen LogP contribution in [-0.2, 0) is 28.6 Å². The van der Waals surface area contributed by atoms with Crippen LogP contribution in [0.1, 0.15) is 52.9 Å². The lowest BCUT2D eigenvalue weighted by molar-refractivity contribution is -0.159. The van der Waals surface area contributed by atoms with Gasteiger partial charge in [-0.15, -0.1) is 0 Å². The van der Waals surface area contributed by atoms with Crippen LogP contribution in [0.3, 0.4) is 0 Å². The van der Waals surface area contributed by atoms with Gasteiger partial charge in [-0.3, -0.25) is 14.4 Å². The van der Waals surface area contributed by atoms with Crippen molar-refractivity contribution < 1.29 is 43.9 Å². The van der Waals surface area contributed by atoms with E-state index < -0.39 is 54.5 Å². The Morgan fingerprint density at radius 2 is 2.00 bits per heavy atom. The van der Waals surface area contributed by atoms with Crippen molar-refractivity contribution in [2.75, 3.05) is 0 Å². The van der Waals surface area contributed by atoms with Crippen molar-refractivity contribution in [2.24, 2.45) is 0 Å². The molecule has 1 saturated heterocycles. The summed E-state index contributed by atoms with van der Waals surface area (Å²) >= 11 is 6.22. The smallest absolute Gasteiger partial charge is 0.310 e. The number of aliphatic carboxylic acids is 1. The maximum atomic E-state index is 12.7. The molecule has 10 heteroatoms. The number of rotatable bonds is 5. The molecule has 0 aliphatic carbocycles. The zero-order valence-corrected chi connectivity index (χ0v) is 19.7. The molecule has 2 bridgehead atoms. The topological polar surface area (TPSA) is 140 Å². The first-order valence-corrected chi connectivity index (χ1v) is 11.1. The number of hydrogen-bond donors (Lipinski definition) is 3. The van der Waals surface area contributed by atoms with E-state index >= 15 is 0 Å². The van der Waals surface area contributed by atoms with Crippen LogP contribution in [0.4, 0.5) is 0 Å². The molecule has 184 valence electrons. The van der Waals surface area contributed by atoms with Gasteiger partial charge in [0, 0.05) is 24.8 Å². The summed E-state index contributed by atoms with van der Waals surface area (Å²) < 4.78 is 16.7. The minimum absolute atomic E-state index is 0.128. The molecule has 33 heavy (non-hydrogen) atoms. The van der Waals surface area contributed by atoms with E-state index in [2.05, 4.69) is 0 Å². The van der Waals surface area contributed by atoms with E-state index in [4.69, 9.17) is 30.9 Å². The number of aliphatic hydroxyl groups is 2. The molecule has 0 aromatic carbocycles. The number of allylic oxidation sites excluding steroid dienone is 2. The standard InChI is InChI=1S/C23H31ClO9/c1-12(8-21(28)29)7-18(27)23-20-10-15(32-23)9-17(26)16(24)6-4-5-13(2)19(31-14(3)25)11-22(30)33-20/h5-7,15,17-20,23,26-27H,4,8-11H2,1-3H3,(H,28,29)/b12-7+,13-5+,16-6-/t15-,17+,18+,19-,20-,23-/m0/s1. The Bertz CT molecular complexity index is 832. The summed E-state index contributed by atoms with van der Waals surface area (Å²) in [5, 5.41) is 30.3. The summed E-state index contributed by atoms with van der Waals surface area (Å²) in [6.07, 6.45) is -0.540. The molecule has 0 aromatic heterocycles. The number of hydrogen-bond acceptors (Lipinski definition) is 8. The number of esters is 2. The predicted octanol–water partition coefficient (Wildman–Crippen LogP) is 2.38. The van der Waals surface area contributed by atoms with Crippen LogP contribution >= 0.6 is 11.6 Å². The lowest BCUT2D eigenvalue weighted by Crippen LogP contribution is -2.37. The third kappa shape index (κ3) is 8.58. The second-order valence-electron chi connectivity index (χ2n) is 8.39. The van der Waals surface area contributed by atoms with Gasteiger partial charge in [-0.05, 0) is 25.8 Å². The lowest BCUT2D eigenvalue weighted by Gasteiger charge is -2.24. The van der Waals surface area contributed by atoms with Gasteiger partial charge in [-0.2, -0.15) is 0 Å². The van der Waals surface area contributed by atoms with Crippen molar-refractivity contribution in [3.05, 3.63) is 34.4 Å². The minimum Gasteiger partial charge on any atom is -0.481 e. The summed E-state index contributed by atoms with van der Waals surface area (Å²) in [6, 6.07) is 0. The van der Waals surface area contributed by atoms with E-state index in [1.54, 1.807) is 26.0 Å². The highest BCUT2D eigenvalue weighted by atomic mass is 35.5. The molecule has 0 unspecified atom stereocenters. The number of halogens is 1. The van der Waals surface area contributed by atoms with Gasteiger partial charge >= 0.3 is 17.9 Å². The molecule has 0 radical (unpaired) electrons. The van der Waals surface area contributed by atoms with Crippen molar-refractivity contribution in [2.45, 2.75) is 89.5 Å². The number of carbonyl (C=O) groups is 3. The largest absolute Gasteiger partial charge is 0.481 e. The molecular formula is C23H31ClO9. The monoisotopic (exact) mass is 486 g/mol. The van der Waals surface area contributed by atoms with Gasteiger partial charge in [-0.1, -0.05) is 35.4 Å². The fourth-order valence-corrected chi connectivity index (χ4v) is 4.04. The molecule has 0 saturated carbocycles. The van der Waals surface area contributed by atoms with E-state index in [-0.39, 0.29) is 30.7 Å². The first-order valence-electron chi connectivity index (χ1n) is 10.8. The SMILES string of the molecule is CC(=O)O[C@H]1CC(=O)O[C@H]2C[C@H](C[C@@H](O)/C(Cl)=C/C/C=C/1C)O[C@H]2[C@H](O)/C=C(\C)CC(=O)O. The Morgan fingerprint density at radius 1 is 1.30 bits per heavy atom. The summed E-state index contributed by atoms with van der Waals surface area (Å²) in [7, 11) is 0. The van der Waals surface area contributed by atoms with Crippen LogP contribution in [0.5, 0.6) is 0 Å². The molecule has 0 aromatic rings. The molecule has 2 rings (SSSR count). The third-order valence-electron chi connectivity index (χ3n) is 5.44. The van der Waals surface area contributed by atoms with Crippen molar-refractivity contribution >= 4 is 29.5 Å². The van der Waals surface area contributed by atoms with E-state index in [1.165, 1.54) is 13.0 Å². The lowest BCUT2D eigenvalue weighted by atomic mass is 10.0. The highest BCUT2D eigenvalue weighted by Crippen LogP contribution is 2.32. The van der Waals surface area contributed by atoms with E-state index in [1.807, 2.05) is 0 Å². The second kappa shape index (κ2) is 12.3. The van der Waals surface area contributed by atoms with Gasteiger partial charge in [-0.25, -0.2) is 0 Å². The van der Waals surface area contributed by atoms with Crippen molar-refractivity contribution in [1.29, 1.82) is 0 Å². The van der Waals surface area contributed by atoms with E-state index in [9.17, 15) is 24.6 Å². The summed E-state index contributed by atoms with van der Waals surface area (Å²) in [6.45, 7) is 4.51. The molecule has 2 heterocycles. The van der Waals surface area contributed by atoms with Gasteiger partial charge in [0.2, 0.25) is 0 Å². The van der Waals surface area contributed by atoms with Gasteiger partial charge in [0.05, 0.1) is 25.0 Å². The number of aliphatic hydroxyl groups excluding tert-OH is 2. The Kier molecular flexibility index (Phi) is 10.1. The Hall–Kier alpha value is -2.20. The number of carboxylic acid groups (broad SMARTS) is 1. The van der Waals surface area contributed by atoms with E-state index in [0.29, 0.717) is 17.6 Å². The van der Waals surface area contributed by atoms with Gasteiger partial charge in [0.25, 0.3) is 0 Å². The number of fused-ring (bicyclic) bond motifs is 2. The normalized spacial score (nSPS) is 33.6. The molecule has 2 aliphatic heterocycles. The maximum Gasteiger partial charge on any atom is 0.310 e. The van der Waals surface area contributed by atoms with Gasteiger partial charge in [0.15, 0.2) is 0 Å². The molecule has 0 amide bonds. The Morgan fingerprint density at radius 3 is 2.64 bits per heavy atom. The van der Waals surface area contributed by atoms with Crippen LogP contribution in [0.15, 0.2) is 34.4 Å². The highest BCUT2D eigenvalue weighted by molar-refractivity contribution is 6.30. The van der Waals surface area contributed by atoms with Crippen LogP contribution in [-0.4, -0.2) is 69.9 Å². The summed E-state index contributed by atoms with van der Waals surface area (Å²) in [4.78, 5) is 35.1. The van der Waals surface area contributed by atoms with E-state index in [0.717, 1.165) is 0 Å². The van der Waals surface area contributed by atoms with Gasteiger partial charge < -0.3 is 29.5 Å². The Balaban J connectivity index is 2.31. The predicted molar refractivity (Wildman–Crippen MR) is 118 cm³/mol. The molecule has 2 aliphatic rings. The van der Waals surface area contributed by atoms with Crippen LogP contribution in [0, 0.1) is 0 Å². The Labute approximate surface area is 197 Å². The van der Waals surface area contributed by atoms with Crippen LogP contribution in [0.2, 0.25) is 0 Å². The summed E-state index contributed by atoms with van der Waals surface area (Å²) in [5.41, 5.74) is 1.04. The second-order valence-corrected chi connectivity index (χ2v) is 8.82. The molecule has 9 nitrogen and oxygen atoms in total.